The maximum Gasteiger partial charge on any atom is 0.340 e. The molecule has 0 aliphatic heterocycles. The first-order chi connectivity index (χ1) is 11.0. The number of halogens is 2. The van der Waals surface area contributed by atoms with Gasteiger partial charge >= 0.3 is 5.97 Å². The summed E-state index contributed by atoms with van der Waals surface area (Å²) in [5, 5.41) is 3.26. The van der Waals surface area contributed by atoms with Gasteiger partial charge < -0.3 is 10.1 Å². The van der Waals surface area contributed by atoms with Gasteiger partial charge in [0.2, 0.25) is 0 Å². The van der Waals surface area contributed by atoms with E-state index in [4.69, 9.17) is 27.9 Å². The molecule has 120 valence electrons. The minimum absolute atomic E-state index is 0.125. The summed E-state index contributed by atoms with van der Waals surface area (Å²) < 4.78 is 4.96. The smallest absolute Gasteiger partial charge is 0.340 e. The van der Waals surface area contributed by atoms with Crippen molar-refractivity contribution in [1.29, 1.82) is 0 Å². The van der Waals surface area contributed by atoms with E-state index in [2.05, 4.69) is 5.32 Å². The van der Waals surface area contributed by atoms with Crippen LogP contribution in [0.3, 0.4) is 0 Å². The predicted octanol–water partition coefficient (Wildman–Crippen LogP) is 4.35. The molecule has 2 aromatic rings. The van der Waals surface area contributed by atoms with Crippen LogP contribution in [-0.4, -0.2) is 18.5 Å². The summed E-state index contributed by atoms with van der Waals surface area (Å²) in [4.78, 5) is 23.8. The number of rotatable bonds is 5. The predicted molar refractivity (Wildman–Crippen MR) is 91.2 cm³/mol. The van der Waals surface area contributed by atoms with E-state index >= 15 is 0 Å². The van der Waals surface area contributed by atoms with Crippen LogP contribution in [0, 0.1) is 0 Å². The van der Waals surface area contributed by atoms with Gasteiger partial charge in [0.1, 0.15) is 0 Å². The maximum atomic E-state index is 11.9. The van der Waals surface area contributed by atoms with E-state index in [9.17, 15) is 9.59 Å². The van der Waals surface area contributed by atoms with Crippen LogP contribution in [-0.2, 0) is 16.0 Å². The Morgan fingerprint density at radius 1 is 1.13 bits per heavy atom. The van der Waals surface area contributed by atoms with Crippen molar-refractivity contribution in [3.63, 3.8) is 0 Å². The highest BCUT2D eigenvalue weighted by molar-refractivity contribution is 6.35. The second-order valence-corrected chi connectivity index (χ2v) is 5.65. The molecule has 4 nitrogen and oxygen atoms in total. The lowest BCUT2D eigenvalue weighted by atomic mass is 10.1. The summed E-state index contributed by atoms with van der Waals surface area (Å²) in [6.45, 7) is 1.62. The third kappa shape index (κ3) is 4.98. The molecule has 1 amide bonds. The average molecular weight is 352 g/mol. The number of carbonyl (C=O) groups is 2. The summed E-state index contributed by atoms with van der Waals surface area (Å²) in [5.41, 5.74) is 1.89. The van der Waals surface area contributed by atoms with E-state index in [0.717, 1.165) is 12.0 Å². The van der Waals surface area contributed by atoms with Gasteiger partial charge in [0.25, 0.3) is 5.91 Å². The Hall–Kier alpha value is -2.04. The SMILES string of the molecule is CCc1cccc(NC(=O)COC(=O)c2cc(Cl)ccc2Cl)c1. The molecule has 2 rings (SSSR count). The first kappa shape index (κ1) is 17.3. The number of nitrogens with one attached hydrogen (secondary N) is 1. The van der Waals surface area contributed by atoms with E-state index in [-0.39, 0.29) is 10.6 Å². The largest absolute Gasteiger partial charge is 0.452 e. The molecule has 23 heavy (non-hydrogen) atoms. The van der Waals surface area contributed by atoms with Crippen molar-refractivity contribution in [3.05, 3.63) is 63.6 Å². The normalized spacial score (nSPS) is 10.2. The first-order valence-corrected chi connectivity index (χ1v) is 7.76. The van der Waals surface area contributed by atoms with Gasteiger partial charge in [-0.05, 0) is 42.3 Å². The van der Waals surface area contributed by atoms with Crippen LogP contribution in [0.1, 0.15) is 22.8 Å². The minimum atomic E-state index is -0.699. The van der Waals surface area contributed by atoms with Crippen LogP contribution in [0.4, 0.5) is 5.69 Å². The molecule has 0 unspecified atom stereocenters. The number of esters is 1. The van der Waals surface area contributed by atoms with E-state index in [1.165, 1.54) is 12.1 Å². The summed E-state index contributed by atoms with van der Waals surface area (Å²) in [6.07, 6.45) is 0.867. The molecule has 0 aliphatic rings. The molecule has 0 atom stereocenters. The summed E-state index contributed by atoms with van der Waals surface area (Å²) in [5.74, 6) is -1.13. The van der Waals surface area contributed by atoms with Crippen molar-refractivity contribution in [2.75, 3.05) is 11.9 Å². The number of anilines is 1. The number of amides is 1. The van der Waals surface area contributed by atoms with Gasteiger partial charge in [-0.3, -0.25) is 4.79 Å². The zero-order chi connectivity index (χ0) is 16.8. The van der Waals surface area contributed by atoms with Gasteiger partial charge in [-0.15, -0.1) is 0 Å². The standard InChI is InChI=1S/C17H15Cl2NO3/c1-2-11-4-3-5-13(8-11)20-16(21)10-23-17(22)14-9-12(18)6-7-15(14)19/h3-9H,2,10H2,1H3,(H,20,21). The van der Waals surface area contributed by atoms with Gasteiger partial charge in [-0.1, -0.05) is 42.3 Å². The third-order valence-electron chi connectivity index (χ3n) is 3.10. The number of carbonyl (C=O) groups excluding carboxylic acids is 2. The third-order valence-corrected chi connectivity index (χ3v) is 3.67. The fraction of sp³-hybridized carbons (Fsp3) is 0.176. The van der Waals surface area contributed by atoms with Gasteiger partial charge in [0.05, 0.1) is 10.6 Å². The molecule has 0 radical (unpaired) electrons. The fourth-order valence-electron chi connectivity index (χ4n) is 1.93. The van der Waals surface area contributed by atoms with Crippen LogP contribution in [0.15, 0.2) is 42.5 Å². The maximum absolute atomic E-state index is 11.9. The minimum Gasteiger partial charge on any atom is -0.452 e. The van der Waals surface area contributed by atoms with Crippen molar-refractivity contribution in [2.24, 2.45) is 0 Å². The Balaban J connectivity index is 1.93. The molecule has 6 heteroatoms. The second-order valence-electron chi connectivity index (χ2n) is 4.80. The molecule has 0 fully saturated rings. The highest BCUT2D eigenvalue weighted by atomic mass is 35.5. The van der Waals surface area contributed by atoms with Crippen LogP contribution < -0.4 is 5.32 Å². The number of ether oxygens (including phenoxy) is 1. The molecule has 0 aromatic heterocycles. The molecule has 0 bridgehead atoms. The van der Waals surface area contributed by atoms with E-state index < -0.39 is 18.5 Å². The average Bonchev–Trinajstić information content (AvgIpc) is 2.55. The number of aryl methyl sites for hydroxylation is 1. The van der Waals surface area contributed by atoms with Crippen LogP contribution in [0.5, 0.6) is 0 Å². The summed E-state index contributed by atoms with van der Waals surface area (Å²) in [7, 11) is 0. The lowest BCUT2D eigenvalue weighted by Gasteiger charge is -2.08. The van der Waals surface area contributed by atoms with Crippen molar-refractivity contribution in [1.82, 2.24) is 0 Å². The molecule has 0 spiro atoms. The molecule has 0 saturated carbocycles. The Bertz CT molecular complexity index is 732. The Morgan fingerprint density at radius 2 is 1.91 bits per heavy atom. The monoisotopic (exact) mass is 351 g/mol. The Morgan fingerprint density at radius 3 is 2.65 bits per heavy atom. The number of benzene rings is 2. The highest BCUT2D eigenvalue weighted by Crippen LogP contribution is 2.21. The highest BCUT2D eigenvalue weighted by Gasteiger charge is 2.14. The molecule has 2 aromatic carbocycles. The van der Waals surface area contributed by atoms with Gasteiger partial charge in [0, 0.05) is 10.7 Å². The molecule has 0 aliphatic carbocycles. The van der Waals surface area contributed by atoms with E-state index in [1.54, 1.807) is 12.1 Å². The van der Waals surface area contributed by atoms with E-state index in [0.29, 0.717) is 10.7 Å². The number of hydrogen-bond donors (Lipinski definition) is 1. The molecular formula is C17H15Cl2NO3. The van der Waals surface area contributed by atoms with Gasteiger partial charge in [-0.2, -0.15) is 0 Å². The number of hydrogen-bond acceptors (Lipinski definition) is 3. The fourth-order valence-corrected chi connectivity index (χ4v) is 2.30. The van der Waals surface area contributed by atoms with Crippen LogP contribution in [0.2, 0.25) is 10.0 Å². The molecule has 0 heterocycles. The Kier molecular flexibility index (Phi) is 6.02. The zero-order valence-electron chi connectivity index (χ0n) is 12.4. The van der Waals surface area contributed by atoms with Crippen molar-refractivity contribution >= 4 is 40.8 Å². The van der Waals surface area contributed by atoms with Crippen LogP contribution >= 0.6 is 23.2 Å². The summed E-state index contributed by atoms with van der Waals surface area (Å²) >= 11 is 11.7. The summed E-state index contributed by atoms with van der Waals surface area (Å²) in [6, 6.07) is 11.9. The van der Waals surface area contributed by atoms with Crippen LogP contribution in [0.25, 0.3) is 0 Å². The molecule has 1 N–H and O–H groups in total. The van der Waals surface area contributed by atoms with Gasteiger partial charge in [0.15, 0.2) is 6.61 Å². The van der Waals surface area contributed by atoms with Crippen molar-refractivity contribution < 1.29 is 14.3 Å². The lowest BCUT2D eigenvalue weighted by molar-refractivity contribution is -0.119. The molecular weight excluding hydrogens is 337 g/mol. The topological polar surface area (TPSA) is 55.4 Å². The van der Waals surface area contributed by atoms with Crippen molar-refractivity contribution in [3.8, 4) is 0 Å². The lowest BCUT2D eigenvalue weighted by Crippen LogP contribution is -2.21. The first-order valence-electron chi connectivity index (χ1n) is 7.00. The molecule has 0 saturated heterocycles. The Labute approximate surface area is 144 Å². The second kappa shape index (κ2) is 7.99. The zero-order valence-corrected chi connectivity index (χ0v) is 13.9. The van der Waals surface area contributed by atoms with E-state index in [1.807, 2.05) is 25.1 Å². The van der Waals surface area contributed by atoms with Gasteiger partial charge in [-0.25, -0.2) is 4.79 Å². The quantitative estimate of drug-likeness (QED) is 0.814. The van der Waals surface area contributed by atoms with Crippen molar-refractivity contribution in [2.45, 2.75) is 13.3 Å².